The molecule has 0 radical (unpaired) electrons. The smallest absolute Gasteiger partial charge is 0.168 e. The third-order valence-electron chi connectivity index (χ3n) is 3.05. The van der Waals surface area contributed by atoms with Crippen molar-refractivity contribution in [3.05, 3.63) is 18.2 Å². The highest BCUT2D eigenvalue weighted by atomic mass is 16.5. The van der Waals surface area contributed by atoms with E-state index in [-0.39, 0.29) is 0 Å². The minimum atomic E-state index is 0.340. The fraction of sp³-hybridized carbons (Fsp3) is 0.636. The van der Waals surface area contributed by atoms with Crippen molar-refractivity contribution in [2.24, 2.45) is 5.92 Å². The summed E-state index contributed by atoms with van der Waals surface area (Å²) in [7, 11) is 0. The van der Waals surface area contributed by atoms with Gasteiger partial charge in [0, 0.05) is 19.1 Å². The zero-order valence-corrected chi connectivity index (χ0v) is 8.93. The van der Waals surface area contributed by atoms with Crippen molar-refractivity contribution in [2.45, 2.75) is 32.4 Å². The first kappa shape index (κ1) is 10.4. The summed E-state index contributed by atoms with van der Waals surface area (Å²) in [6.45, 7) is 3.82. The molecule has 82 valence electrons. The highest BCUT2D eigenvalue weighted by molar-refractivity contribution is 5.71. The van der Waals surface area contributed by atoms with Crippen molar-refractivity contribution in [2.75, 3.05) is 6.61 Å². The van der Waals surface area contributed by atoms with Gasteiger partial charge in [0.2, 0.25) is 0 Å². The minimum Gasteiger partial charge on any atom is -0.378 e. The van der Waals surface area contributed by atoms with Gasteiger partial charge in [0.25, 0.3) is 0 Å². The lowest BCUT2D eigenvalue weighted by Crippen LogP contribution is -2.20. The first-order valence-corrected chi connectivity index (χ1v) is 5.42. The summed E-state index contributed by atoms with van der Waals surface area (Å²) in [5.41, 5.74) is 0.650. The number of ether oxygens (including phenoxy) is 1. The number of carbonyl (C=O) groups is 1. The molecule has 1 aromatic heterocycles. The molecule has 1 fully saturated rings. The van der Waals surface area contributed by atoms with Gasteiger partial charge in [0.05, 0.1) is 18.6 Å². The van der Waals surface area contributed by atoms with Gasteiger partial charge in [-0.25, -0.2) is 4.98 Å². The molecule has 0 aromatic carbocycles. The minimum absolute atomic E-state index is 0.340. The quantitative estimate of drug-likeness (QED) is 0.704. The fourth-order valence-electron chi connectivity index (χ4n) is 2.19. The number of rotatable bonds is 4. The normalized spacial score (nSPS) is 25.7. The maximum absolute atomic E-state index is 10.7. The van der Waals surface area contributed by atoms with Gasteiger partial charge in [0.15, 0.2) is 6.29 Å². The lowest BCUT2D eigenvalue weighted by Gasteiger charge is -2.17. The SMILES string of the molecule is CCC1OCCC1Cn1cncc1C=O. The van der Waals surface area contributed by atoms with Crippen molar-refractivity contribution in [3.63, 3.8) is 0 Å². The Morgan fingerprint density at radius 3 is 3.33 bits per heavy atom. The number of hydrogen-bond donors (Lipinski definition) is 0. The molecule has 0 aliphatic carbocycles. The zero-order valence-electron chi connectivity index (χ0n) is 8.93. The van der Waals surface area contributed by atoms with Gasteiger partial charge in [-0.3, -0.25) is 4.79 Å². The summed E-state index contributed by atoms with van der Waals surface area (Å²) < 4.78 is 7.53. The molecule has 4 heteroatoms. The number of nitrogens with zero attached hydrogens (tertiary/aromatic N) is 2. The summed E-state index contributed by atoms with van der Waals surface area (Å²) in [6.07, 6.45) is 6.62. The molecule has 2 unspecified atom stereocenters. The number of hydrogen-bond acceptors (Lipinski definition) is 3. The van der Waals surface area contributed by atoms with E-state index in [4.69, 9.17) is 4.74 Å². The Morgan fingerprint density at radius 1 is 1.73 bits per heavy atom. The van der Waals surface area contributed by atoms with Crippen molar-refractivity contribution in [1.82, 2.24) is 9.55 Å². The third-order valence-corrected chi connectivity index (χ3v) is 3.05. The van der Waals surface area contributed by atoms with Crippen LogP contribution < -0.4 is 0 Å². The van der Waals surface area contributed by atoms with Crippen LogP contribution in [-0.2, 0) is 11.3 Å². The van der Waals surface area contributed by atoms with Crippen LogP contribution in [0.3, 0.4) is 0 Å². The number of imidazole rings is 1. The van der Waals surface area contributed by atoms with E-state index in [1.165, 1.54) is 0 Å². The lowest BCUT2D eigenvalue weighted by atomic mass is 9.99. The second-order valence-electron chi connectivity index (χ2n) is 3.95. The Hall–Kier alpha value is -1.16. The van der Waals surface area contributed by atoms with Gasteiger partial charge in [-0.15, -0.1) is 0 Å². The first-order chi connectivity index (χ1) is 7.35. The van der Waals surface area contributed by atoms with Crippen molar-refractivity contribution in [1.29, 1.82) is 0 Å². The first-order valence-electron chi connectivity index (χ1n) is 5.42. The second-order valence-corrected chi connectivity index (χ2v) is 3.95. The Labute approximate surface area is 89.3 Å². The van der Waals surface area contributed by atoms with Crippen LogP contribution in [0.5, 0.6) is 0 Å². The van der Waals surface area contributed by atoms with Crippen molar-refractivity contribution >= 4 is 6.29 Å². The largest absolute Gasteiger partial charge is 0.378 e. The number of aldehydes is 1. The van der Waals surface area contributed by atoms with Crippen LogP contribution in [0.4, 0.5) is 0 Å². The maximum atomic E-state index is 10.7. The molecule has 2 heterocycles. The zero-order chi connectivity index (χ0) is 10.7. The molecule has 1 saturated heterocycles. The third kappa shape index (κ3) is 2.09. The lowest BCUT2D eigenvalue weighted by molar-refractivity contribution is 0.0831. The molecule has 2 atom stereocenters. The van der Waals surface area contributed by atoms with E-state index >= 15 is 0 Å². The summed E-state index contributed by atoms with van der Waals surface area (Å²) in [5.74, 6) is 0.517. The molecule has 2 rings (SSSR count). The predicted molar refractivity (Wildman–Crippen MR) is 55.8 cm³/mol. The summed E-state index contributed by atoms with van der Waals surface area (Å²) in [6, 6.07) is 0. The Kier molecular flexibility index (Phi) is 3.16. The van der Waals surface area contributed by atoms with Gasteiger partial charge in [-0.05, 0) is 12.8 Å². The molecular weight excluding hydrogens is 192 g/mol. The predicted octanol–water partition coefficient (Wildman–Crippen LogP) is 1.51. The maximum Gasteiger partial charge on any atom is 0.168 e. The van der Waals surface area contributed by atoms with E-state index in [1.54, 1.807) is 12.5 Å². The van der Waals surface area contributed by atoms with Crippen LogP contribution in [0.1, 0.15) is 30.3 Å². The van der Waals surface area contributed by atoms with Gasteiger partial charge in [-0.1, -0.05) is 6.92 Å². The molecule has 0 amide bonds. The molecule has 0 spiro atoms. The van der Waals surface area contributed by atoms with Gasteiger partial charge in [-0.2, -0.15) is 0 Å². The Bertz CT molecular complexity index is 335. The second kappa shape index (κ2) is 4.57. The monoisotopic (exact) mass is 208 g/mol. The van der Waals surface area contributed by atoms with Crippen molar-refractivity contribution in [3.8, 4) is 0 Å². The molecule has 1 aliphatic rings. The highest BCUT2D eigenvalue weighted by Gasteiger charge is 2.27. The fourth-order valence-corrected chi connectivity index (χ4v) is 2.19. The molecule has 15 heavy (non-hydrogen) atoms. The Morgan fingerprint density at radius 2 is 2.60 bits per heavy atom. The Balaban J connectivity index is 2.04. The van der Waals surface area contributed by atoms with E-state index in [0.29, 0.717) is 17.7 Å². The van der Waals surface area contributed by atoms with Crippen LogP contribution >= 0.6 is 0 Å². The van der Waals surface area contributed by atoms with E-state index in [2.05, 4.69) is 11.9 Å². The van der Waals surface area contributed by atoms with E-state index in [0.717, 1.165) is 32.3 Å². The van der Waals surface area contributed by atoms with Gasteiger partial charge < -0.3 is 9.30 Å². The van der Waals surface area contributed by atoms with Crippen LogP contribution in [0.15, 0.2) is 12.5 Å². The van der Waals surface area contributed by atoms with Crippen LogP contribution in [0.25, 0.3) is 0 Å². The summed E-state index contributed by atoms with van der Waals surface area (Å²) >= 11 is 0. The average Bonchev–Trinajstić information content (AvgIpc) is 2.87. The molecule has 0 N–H and O–H groups in total. The van der Waals surface area contributed by atoms with Crippen LogP contribution in [0, 0.1) is 5.92 Å². The van der Waals surface area contributed by atoms with Crippen LogP contribution in [0.2, 0.25) is 0 Å². The molecule has 1 aromatic rings. The standard InChI is InChI=1S/C11H16N2O2/c1-2-11-9(3-4-15-11)6-13-8-12-5-10(13)7-14/h5,7-9,11H,2-4,6H2,1H3. The summed E-state index contributed by atoms with van der Waals surface area (Å²) in [4.78, 5) is 14.7. The molecular formula is C11H16N2O2. The van der Waals surface area contributed by atoms with Crippen molar-refractivity contribution < 1.29 is 9.53 Å². The number of carbonyl (C=O) groups excluding carboxylic acids is 1. The van der Waals surface area contributed by atoms with E-state index in [1.807, 2.05) is 4.57 Å². The topological polar surface area (TPSA) is 44.1 Å². The average molecular weight is 208 g/mol. The molecule has 1 aliphatic heterocycles. The van der Waals surface area contributed by atoms with E-state index in [9.17, 15) is 4.79 Å². The van der Waals surface area contributed by atoms with Crippen LogP contribution in [-0.4, -0.2) is 28.5 Å². The van der Waals surface area contributed by atoms with Gasteiger partial charge in [0.1, 0.15) is 5.69 Å². The molecule has 4 nitrogen and oxygen atoms in total. The highest BCUT2D eigenvalue weighted by Crippen LogP contribution is 2.25. The van der Waals surface area contributed by atoms with E-state index < -0.39 is 0 Å². The number of aromatic nitrogens is 2. The molecule has 0 bridgehead atoms. The van der Waals surface area contributed by atoms with Gasteiger partial charge >= 0.3 is 0 Å². The summed E-state index contributed by atoms with van der Waals surface area (Å²) in [5, 5.41) is 0. The molecule has 0 saturated carbocycles.